The summed E-state index contributed by atoms with van der Waals surface area (Å²) in [7, 11) is 0. The number of fused-ring (bicyclic) bond motifs is 2. The molecule has 3 amide bonds. The summed E-state index contributed by atoms with van der Waals surface area (Å²) >= 11 is 3.22. The average molecular weight is 639 g/mol. The molecule has 2 atom stereocenters. The molecule has 4 N–H and O–H groups in total. The summed E-state index contributed by atoms with van der Waals surface area (Å²) in [5.74, 6) is -1.42. The number of halogens is 3. The molecule has 1 saturated heterocycles. The van der Waals surface area contributed by atoms with Crippen molar-refractivity contribution < 1.29 is 23.2 Å². The van der Waals surface area contributed by atoms with Crippen LogP contribution in [0.15, 0.2) is 58.4 Å². The summed E-state index contributed by atoms with van der Waals surface area (Å²) in [5, 5.41) is 12.5. The molecule has 2 fully saturated rings. The van der Waals surface area contributed by atoms with Gasteiger partial charge in [-0.15, -0.1) is 0 Å². The van der Waals surface area contributed by atoms with Crippen LogP contribution in [0.5, 0.6) is 0 Å². The van der Waals surface area contributed by atoms with Gasteiger partial charge < -0.3 is 26.2 Å². The maximum absolute atomic E-state index is 14.5. The highest BCUT2D eigenvalue weighted by atomic mass is 79.9. The Labute approximate surface area is 250 Å². The molecule has 1 saturated carbocycles. The Morgan fingerprint density at radius 3 is 2.69 bits per heavy atom. The van der Waals surface area contributed by atoms with Crippen LogP contribution in [0, 0.1) is 17.0 Å². The number of benzene rings is 2. The molecule has 3 aliphatic heterocycles. The van der Waals surface area contributed by atoms with Crippen LogP contribution in [-0.4, -0.2) is 47.8 Å². The van der Waals surface area contributed by atoms with E-state index in [9.17, 15) is 23.2 Å². The lowest BCUT2D eigenvalue weighted by Gasteiger charge is -2.45. The third-order valence-electron chi connectivity index (χ3n) is 9.45. The van der Waals surface area contributed by atoms with Gasteiger partial charge in [0.1, 0.15) is 24.0 Å². The van der Waals surface area contributed by atoms with Crippen molar-refractivity contribution in [2.75, 3.05) is 25.0 Å². The van der Waals surface area contributed by atoms with E-state index in [0.29, 0.717) is 37.9 Å². The molecule has 42 heavy (non-hydrogen) atoms. The van der Waals surface area contributed by atoms with E-state index in [1.165, 1.54) is 11.0 Å². The zero-order chi connectivity index (χ0) is 29.2. The summed E-state index contributed by atoms with van der Waals surface area (Å²) < 4.78 is 28.8. The van der Waals surface area contributed by atoms with Gasteiger partial charge in [-0.05, 0) is 76.5 Å². The number of allylic oxidation sites excluding steroid dienone is 1. The van der Waals surface area contributed by atoms with Crippen molar-refractivity contribution in [1.82, 2.24) is 20.9 Å². The van der Waals surface area contributed by atoms with Gasteiger partial charge in [0.25, 0.3) is 0 Å². The van der Waals surface area contributed by atoms with Crippen LogP contribution in [0.4, 0.5) is 14.5 Å². The molecule has 0 bridgehead atoms. The number of rotatable bonds is 4. The molecule has 0 aromatic heterocycles. The molecule has 11 heteroatoms. The second-order valence-corrected chi connectivity index (χ2v) is 12.7. The Bertz CT molecular complexity index is 1600. The minimum Gasteiger partial charge on any atom is -0.368 e. The molecule has 8 nitrogen and oxygen atoms in total. The lowest BCUT2D eigenvalue weighted by molar-refractivity contribution is -0.147. The summed E-state index contributed by atoms with van der Waals surface area (Å²) in [5.41, 5.74) is 2.39. The predicted octanol–water partition coefficient (Wildman–Crippen LogP) is 3.74. The predicted molar refractivity (Wildman–Crippen MR) is 155 cm³/mol. The number of dihydropyridines is 1. The van der Waals surface area contributed by atoms with Crippen molar-refractivity contribution in [2.45, 2.75) is 50.1 Å². The maximum atomic E-state index is 14.5. The highest BCUT2D eigenvalue weighted by molar-refractivity contribution is 9.10. The van der Waals surface area contributed by atoms with Crippen molar-refractivity contribution in [2.24, 2.45) is 5.41 Å². The number of piperazine rings is 1. The first-order chi connectivity index (χ1) is 20.2. The van der Waals surface area contributed by atoms with Crippen molar-refractivity contribution in [1.29, 1.82) is 0 Å². The van der Waals surface area contributed by atoms with Crippen molar-refractivity contribution >= 4 is 39.3 Å². The van der Waals surface area contributed by atoms with Gasteiger partial charge in [0.15, 0.2) is 0 Å². The van der Waals surface area contributed by atoms with E-state index in [1.54, 1.807) is 6.07 Å². The Morgan fingerprint density at radius 1 is 1.10 bits per heavy atom. The molecule has 2 aliphatic carbocycles. The quantitative estimate of drug-likeness (QED) is 0.383. The van der Waals surface area contributed by atoms with Gasteiger partial charge in [-0.1, -0.05) is 31.1 Å². The molecule has 218 valence electrons. The van der Waals surface area contributed by atoms with Crippen LogP contribution in [0.1, 0.15) is 48.4 Å². The largest absolute Gasteiger partial charge is 0.368 e. The molecular formula is C31H30BrF2N5O3. The lowest BCUT2D eigenvalue weighted by Crippen LogP contribution is -2.64. The molecule has 2 unspecified atom stereocenters. The highest BCUT2D eigenvalue weighted by Crippen LogP contribution is 2.48. The number of amides is 3. The normalized spacial score (nSPS) is 25.6. The summed E-state index contributed by atoms with van der Waals surface area (Å²) in [6.07, 6.45) is 8.19. The fourth-order valence-electron chi connectivity index (χ4n) is 7.38. The topological polar surface area (TPSA) is 103 Å². The van der Waals surface area contributed by atoms with E-state index in [1.807, 2.05) is 24.3 Å². The highest BCUT2D eigenvalue weighted by Gasteiger charge is 2.52. The first-order valence-corrected chi connectivity index (χ1v) is 15.1. The van der Waals surface area contributed by atoms with Crippen LogP contribution in [0.25, 0.3) is 0 Å². The lowest BCUT2D eigenvalue weighted by atomic mass is 9.78. The van der Waals surface area contributed by atoms with Crippen molar-refractivity contribution in [3.8, 4) is 0 Å². The van der Waals surface area contributed by atoms with Crippen molar-refractivity contribution in [3.63, 3.8) is 0 Å². The molecule has 3 heterocycles. The number of carbonyl (C=O) groups is 3. The van der Waals surface area contributed by atoms with Crippen molar-refractivity contribution in [3.05, 3.63) is 86.7 Å². The van der Waals surface area contributed by atoms with Gasteiger partial charge in [-0.25, -0.2) is 8.78 Å². The first-order valence-electron chi connectivity index (χ1n) is 14.3. The third kappa shape index (κ3) is 4.27. The second-order valence-electron chi connectivity index (χ2n) is 11.9. The Hall–Kier alpha value is -3.57. The molecule has 7 rings (SSSR count). The number of hydrogen-bond acceptors (Lipinski definition) is 5. The second kappa shape index (κ2) is 10.0. The summed E-state index contributed by atoms with van der Waals surface area (Å²) in [4.78, 5) is 41.8. The zero-order valence-electron chi connectivity index (χ0n) is 22.8. The monoisotopic (exact) mass is 637 g/mol. The summed E-state index contributed by atoms with van der Waals surface area (Å²) in [6, 6.07) is 6.88. The average Bonchev–Trinajstić information content (AvgIpc) is 3.66. The van der Waals surface area contributed by atoms with E-state index in [0.717, 1.165) is 41.4 Å². The summed E-state index contributed by atoms with van der Waals surface area (Å²) in [6.45, 7) is 0.666. The van der Waals surface area contributed by atoms with Crippen LogP contribution in [0.3, 0.4) is 0 Å². The van der Waals surface area contributed by atoms with Crippen LogP contribution in [0.2, 0.25) is 0 Å². The Morgan fingerprint density at radius 2 is 1.88 bits per heavy atom. The van der Waals surface area contributed by atoms with Gasteiger partial charge >= 0.3 is 0 Å². The Kier molecular flexibility index (Phi) is 6.50. The number of carbonyl (C=O) groups excluding carboxylic acids is 3. The molecule has 2 aromatic rings. The molecule has 2 aromatic carbocycles. The Balaban J connectivity index is 1.13. The fraction of sp³-hybridized carbons (Fsp3) is 0.387. The fourth-order valence-corrected chi connectivity index (χ4v) is 7.88. The van der Waals surface area contributed by atoms with Gasteiger partial charge in [-0.2, -0.15) is 0 Å². The smallest absolute Gasteiger partial charge is 0.244 e. The van der Waals surface area contributed by atoms with E-state index >= 15 is 0 Å². The minimum absolute atomic E-state index is 0.0302. The zero-order valence-corrected chi connectivity index (χ0v) is 24.4. The van der Waals surface area contributed by atoms with Gasteiger partial charge in [0.2, 0.25) is 17.7 Å². The molecule has 5 aliphatic rings. The SMILES string of the molecule is O=C(CN1C(=O)C2(CCCC2)NCC1c1cc(F)cc(F)c1Br)Nc1ccc2c(c1)CC1(C2)C(=O)NC2=C1C=CCN2. The third-order valence-corrected chi connectivity index (χ3v) is 10.3. The van der Waals surface area contributed by atoms with E-state index in [4.69, 9.17) is 0 Å². The first kappa shape index (κ1) is 27.3. The van der Waals surface area contributed by atoms with E-state index in [2.05, 4.69) is 37.2 Å². The van der Waals surface area contributed by atoms with Gasteiger partial charge in [0.05, 0.1) is 21.5 Å². The maximum Gasteiger partial charge on any atom is 0.244 e. The molecular weight excluding hydrogens is 608 g/mol. The number of nitrogens with zero attached hydrogens (tertiary/aromatic N) is 1. The molecule has 2 spiro atoms. The van der Waals surface area contributed by atoms with Crippen LogP contribution < -0.4 is 21.3 Å². The van der Waals surface area contributed by atoms with Gasteiger partial charge in [0, 0.05) is 30.4 Å². The number of nitrogens with one attached hydrogen (secondary N) is 4. The number of hydrogen-bond donors (Lipinski definition) is 4. The standard InChI is InChI=1S/C31H30BrF2N5O3/c32-26-21(11-19(33)12-23(26)34)24-15-36-31(7-1-2-8-31)29(42)39(24)16-25(40)37-20-6-5-17-13-30(14-18(17)10-20)22-4-3-9-35-27(22)38-28(30)41/h3-6,10-12,24,35-36H,1-2,7-9,13-16H2,(H,37,40)(H,38,41). The van der Waals surface area contributed by atoms with Crippen LogP contribution in [-0.2, 0) is 27.2 Å². The van der Waals surface area contributed by atoms with Crippen LogP contribution >= 0.6 is 15.9 Å². The minimum atomic E-state index is -0.769. The van der Waals surface area contributed by atoms with Gasteiger partial charge in [-0.3, -0.25) is 14.4 Å². The van der Waals surface area contributed by atoms with E-state index in [-0.39, 0.29) is 34.9 Å². The van der Waals surface area contributed by atoms with E-state index < -0.39 is 34.5 Å². The molecule has 0 radical (unpaired) electrons. The number of anilines is 1.